The van der Waals surface area contributed by atoms with Crippen molar-refractivity contribution in [1.29, 1.82) is 0 Å². The second-order valence-corrected chi connectivity index (χ2v) is 10.3. The Bertz CT molecular complexity index is 831. The molecule has 0 saturated heterocycles. The van der Waals surface area contributed by atoms with Gasteiger partial charge in [0.25, 0.3) is 0 Å². The molecule has 3 heteroatoms. The van der Waals surface area contributed by atoms with Crippen LogP contribution < -0.4 is 0 Å². The van der Waals surface area contributed by atoms with Crippen molar-refractivity contribution >= 4 is 5.91 Å². The number of nitrogens with zero attached hydrogens (tertiary/aromatic N) is 2. The molecule has 4 bridgehead atoms. The first-order valence-electron chi connectivity index (χ1n) is 11.5. The van der Waals surface area contributed by atoms with Gasteiger partial charge in [-0.15, -0.1) is 0 Å². The van der Waals surface area contributed by atoms with E-state index in [2.05, 4.69) is 72.0 Å². The van der Waals surface area contributed by atoms with Crippen LogP contribution in [-0.4, -0.2) is 21.4 Å². The lowest BCUT2D eigenvalue weighted by Gasteiger charge is -2.57. The summed E-state index contributed by atoms with van der Waals surface area (Å²) in [7, 11) is 0. The molecule has 4 aliphatic carbocycles. The van der Waals surface area contributed by atoms with Crippen LogP contribution in [0.25, 0.3) is 0 Å². The highest BCUT2D eigenvalue weighted by molar-refractivity contribution is 5.83. The van der Waals surface area contributed by atoms with Gasteiger partial charge >= 0.3 is 0 Å². The standard InChI is InChI=1S/C26H34N2O/c1-19(2)28(18-24-9-6-10-27(24)17-20-7-4-3-5-8-20)25(29)26-14-21-11-22(15-26)13-23(12-21)16-26/h3-10,19,21-23H,11-18H2,1-2H3. The Kier molecular flexibility index (Phi) is 4.80. The lowest BCUT2D eigenvalue weighted by atomic mass is 9.49. The minimum atomic E-state index is -0.0596. The van der Waals surface area contributed by atoms with Gasteiger partial charge in [-0.3, -0.25) is 4.79 Å². The average Bonchev–Trinajstić information content (AvgIpc) is 3.12. The zero-order valence-corrected chi connectivity index (χ0v) is 17.9. The molecule has 0 radical (unpaired) electrons. The Hall–Kier alpha value is -2.03. The molecular formula is C26H34N2O. The quantitative estimate of drug-likeness (QED) is 0.640. The summed E-state index contributed by atoms with van der Waals surface area (Å²) in [6.45, 7) is 5.95. The highest BCUT2D eigenvalue weighted by Crippen LogP contribution is 2.60. The first-order chi connectivity index (χ1) is 14.0. The zero-order chi connectivity index (χ0) is 20.0. The average molecular weight is 391 g/mol. The predicted molar refractivity (Wildman–Crippen MR) is 116 cm³/mol. The molecule has 1 aromatic carbocycles. The lowest BCUT2D eigenvalue weighted by molar-refractivity contribution is -0.160. The fraction of sp³-hybridized carbons (Fsp3) is 0.577. The fourth-order valence-corrected chi connectivity index (χ4v) is 6.87. The van der Waals surface area contributed by atoms with Crippen molar-refractivity contribution in [2.24, 2.45) is 23.2 Å². The molecule has 1 aromatic heterocycles. The van der Waals surface area contributed by atoms with Crippen molar-refractivity contribution in [3.8, 4) is 0 Å². The van der Waals surface area contributed by atoms with Gasteiger partial charge in [0.05, 0.1) is 12.0 Å². The minimum absolute atomic E-state index is 0.0596. The molecule has 29 heavy (non-hydrogen) atoms. The Morgan fingerprint density at radius 3 is 2.21 bits per heavy atom. The van der Waals surface area contributed by atoms with Gasteiger partial charge in [-0.25, -0.2) is 0 Å². The molecule has 0 atom stereocenters. The number of hydrogen-bond donors (Lipinski definition) is 0. The molecule has 1 heterocycles. The van der Waals surface area contributed by atoms with Gasteiger partial charge in [0.1, 0.15) is 0 Å². The lowest BCUT2D eigenvalue weighted by Crippen LogP contribution is -2.55. The van der Waals surface area contributed by atoms with Gasteiger partial charge in [-0.1, -0.05) is 30.3 Å². The van der Waals surface area contributed by atoms with Crippen LogP contribution in [0.15, 0.2) is 48.7 Å². The molecule has 4 aliphatic rings. The first kappa shape index (κ1) is 19.0. The van der Waals surface area contributed by atoms with Crippen LogP contribution in [-0.2, 0) is 17.9 Å². The van der Waals surface area contributed by atoms with Crippen LogP contribution in [0.5, 0.6) is 0 Å². The Balaban J connectivity index is 1.37. The maximum atomic E-state index is 14.0. The van der Waals surface area contributed by atoms with E-state index in [1.165, 1.54) is 30.5 Å². The SMILES string of the molecule is CC(C)N(Cc1cccn1Cc1ccccc1)C(=O)C12CC3CC(CC(C3)C1)C2. The number of aromatic nitrogens is 1. The largest absolute Gasteiger partial charge is 0.345 e. The van der Waals surface area contributed by atoms with E-state index in [1.807, 2.05) is 0 Å². The predicted octanol–water partition coefficient (Wildman–Crippen LogP) is 5.49. The number of carbonyl (C=O) groups excluding carboxylic acids is 1. The Morgan fingerprint density at radius 1 is 1.00 bits per heavy atom. The van der Waals surface area contributed by atoms with E-state index >= 15 is 0 Å². The van der Waals surface area contributed by atoms with Crippen LogP contribution in [0.1, 0.15) is 63.6 Å². The fourth-order valence-electron chi connectivity index (χ4n) is 6.87. The molecule has 1 amide bonds. The van der Waals surface area contributed by atoms with E-state index < -0.39 is 0 Å². The van der Waals surface area contributed by atoms with E-state index in [0.717, 1.165) is 50.1 Å². The summed E-state index contributed by atoms with van der Waals surface area (Å²) in [5.74, 6) is 2.86. The second-order valence-electron chi connectivity index (χ2n) is 10.3. The van der Waals surface area contributed by atoms with Crippen molar-refractivity contribution in [3.63, 3.8) is 0 Å². The molecular weight excluding hydrogens is 356 g/mol. The van der Waals surface area contributed by atoms with E-state index in [9.17, 15) is 4.79 Å². The minimum Gasteiger partial charge on any atom is -0.345 e. The third-order valence-electron chi connectivity index (χ3n) is 7.83. The summed E-state index contributed by atoms with van der Waals surface area (Å²) in [6, 6.07) is 15.1. The van der Waals surface area contributed by atoms with E-state index in [0.29, 0.717) is 5.91 Å². The van der Waals surface area contributed by atoms with E-state index in [-0.39, 0.29) is 11.5 Å². The van der Waals surface area contributed by atoms with Crippen molar-refractivity contribution in [3.05, 3.63) is 59.9 Å². The molecule has 4 saturated carbocycles. The van der Waals surface area contributed by atoms with Crippen molar-refractivity contribution in [1.82, 2.24) is 9.47 Å². The van der Waals surface area contributed by atoms with Crippen LogP contribution in [0.4, 0.5) is 0 Å². The molecule has 3 nitrogen and oxygen atoms in total. The molecule has 0 unspecified atom stereocenters. The third-order valence-corrected chi connectivity index (χ3v) is 7.83. The smallest absolute Gasteiger partial charge is 0.229 e. The number of carbonyl (C=O) groups is 1. The molecule has 4 fully saturated rings. The number of amides is 1. The zero-order valence-electron chi connectivity index (χ0n) is 17.9. The molecule has 0 aliphatic heterocycles. The monoisotopic (exact) mass is 390 g/mol. The third kappa shape index (κ3) is 3.53. The summed E-state index contributed by atoms with van der Waals surface area (Å²) in [6.07, 6.45) is 9.73. The molecule has 0 spiro atoms. The summed E-state index contributed by atoms with van der Waals surface area (Å²) < 4.78 is 2.30. The van der Waals surface area contributed by atoms with Gasteiger partial charge < -0.3 is 9.47 Å². The number of hydrogen-bond acceptors (Lipinski definition) is 1. The molecule has 0 N–H and O–H groups in total. The van der Waals surface area contributed by atoms with Crippen molar-refractivity contribution in [2.75, 3.05) is 0 Å². The number of benzene rings is 1. The van der Waals surface area contributed by atoms with Crippen molar-refractivity contribution < 1.29 is 4.79 Å². The highest BCUT2D eigenvalue weighted by Gasteiger charge is 2.55. The van der Waals surface area contributed by atoms with Crippen LogP contribution in [0.3, 0.4) is 0 Å². The Labute approximate surface area is 175 Å². The van der Waals surface area contributed by atoms with Gasteiger partial charge in [-0.2, -0.15) is 0 Å². The summed E-state index contributed by atoms with van der Waals surface area (Å²) in [5, 5.41) is 0. The van der Waals surface area contributed by atoms with Crippen LogP contribution in [0.2, 0.25) is 0 Å². The van der Waals surface area contributed by atoms with Gasteiger partial charge in [0, 0.05) is 24.5 Å². The maximum Gasteiger partial charge on any atom is 0.229 e. The van der Waals surface area contributed by atoms with Gasteiger partial charge in [-0.05, 0) is 87.8 Å². The second kappa shape index (κ2) is 7.34. The number of rotatable bonds is 6. The van der Waals surface area contributed by atoms with E-state index in [1.54, 1.807) is 0 Å². The van der Waals surface area contributed by atoms with Crippen molar-refractivity contribution in [2.45, 2.75) is 71.5 Å². The Morgan fingerprint density at radius 2 is 1.62 bits per heavy atom. The molecule has 6 rings (SSSR count). The summed E-state index contributed by atoms with van der Waals surface area (Å²) >= 11 is 0. The topological polar surface area (TPSA) is 25.2 Å². The van der Waals surface area contributed by atoms with Gasteiger partial charge in [0.15, 0.2) is 0 Å². The van der Waals surface area contributed by atoms with Gasteiger partial charge in [0.2, 0.25) is 5.91 Å². The summed E-state index contributed by atoms with van der Waals surface area (Å²) in [4.78, 5) is 16.1. The van der Waals surface area contributed by atoms with E-state index in [4.69, 9.17) is 0 Å². The van der Waals surface area contributed by atoms with Crippen LogP contribution >= 0.6 is 0 Å². The maximum absolute atomic E-state index is 14.0. The molecule has 2 aromatic rings. The molecule has 154 valence electrons. The normalized spacial score (nSPS) is 30.1. The first-order valence-corrected chi connectivity index (χ1v) is 11.5. The summed E-state index contributed by atoms with van der Waals surface area (Å²) in [5.41, 5.74) is 2.48. The highest BCUT2D eigenvalue weighted by atomic mass is 16.2. The van der Waals surface area contributed by atoms with Crippen LogP contribution in [0, 0.1) is 23.2 Å².